The Hall–Kier alpha value is -3.36. The van der Waals surface area contributed by atoms with Crippen molar-refractivity contribution in [1.29, 1.82) is 0 Å². The highest BCUT2D eigenvalue weighted by molar-refractivity contribution is 7.81. The van der Waals surface area contributed by atoms with Gasteiger partial charge in [-0.3, -0.25) is 4.79 Å². The van der Waals surface area contributed by atoms with Gasteiger partial charge in [-0.15, -0.1) is 0 Å². The summed E-state index contributed by atoms with van der Waals surface area (Å²) in [5.74, 6) is -1.10. The van der Waals surface area contributed by atoms with Crippen molar-refractivity contribution in [1.82, 2.24) is 9.55 Å². The number of aliphatic carboxylic acids is 2. The van der Waals surface area contributed by atoms with Crippen molar-refractivity contribution in [3.05, 3.63) is 53.9 Å². The van der Waals surface area contributed by atoms with Crippen LogP contribution in [0.3, 0.4) is 0 Å². The second-order valence-electron chi connectivity index (χ2n) is 8.58. The molecule has 0 radical (unpaired) electrons. The van der Waals surface area contributed by atoms with Gasteiger partial charge in [0.15, 0.2) is 6.10 Å². The molecule has 3 aromatic rings. The maximum absolute atomic E-state index is 11.3. The molecule has 0 bridgehead atoms. The SMILES string of the molecule is Cn1c(COc2ccc(CC(S)C(=O)O)cc2)nc2ccc(O[C@@H]3OC(C(=O)O)[C@@H](O)[C@@H](O)C3O)cc21. The van der Waals surface area contributed by atoms with Gasteiger partial charge in [0, 0.05) is 13.1 Å². The molecule has 1 aliphatic rings. The van der Waals surface area contributed by atoms with E-state index in [1.165, 1.54) is 0 Å². The predicted molar refractivity (Wildman–Crippen MR) is 131 cm³/mol. The van der Waals surface area contributed by atoms with Gasteiger partial charge in [-0.05, 0) is 36.2 Å². The zero-order valence-electron chi connectivity index (χ0n) is 19.5. The minimum Gasteiger partial charge on any atom is -0.486 e. The number of aryl methyl sites for hydroxylation is 1. The smallest absolute Gasteiger partial charge is 0.335 e. The minimum atomic E-state index is -1.81. The highest BCUT2D eigenvalue weighted by Gasteiger charge is 2.48. The highest BCUT2D eigenvalue weighted by atomic mass is 32.1. The molecule has 13 heteroatoms. The lowest BCUT2D eigenvalue weighted by atomic mass is 9.99. The van der Waals surface area contributed by atoms with Gasteiger partial charge in [0.05, 0.1) is 11.0 Å². The summed E-state index contributed by atoms with van der Waals surface area (Å²) < 4.78 is 18.4. The molecule has 1 aliphatic heterocycles. The van der Waals surface area contributed by atoms with E-state index in [9.17, 15) is 30.0 Å². The standard InChI is InChI=1S/C24H26N2O10S/c1-26-15-9-13(35-24-20(29)18(27)19(28)21(36-24)23(32)33)6-7-14(15)25-17(26)10-34-12-4-2-11(3-5-12)8-16(37)22(30)31/h2-7,9,16,18-21,24,27-29,37H,8,10H2,1H3,(H,30,31)(H,32,33)/t16?,18-,19+,20?,21?,24-/m1/s1. The molecule has 12 nitrogen and oxygen atoms in total. The lowest BCUT2D eigenvalue weighted by molar-refractivity contribution is -0.271. The van der Waals surface area contributed by atoms with Crippen molar-refractivity contribution in [3.8, 4) is 11.5 Å². The number of carboxylic acid groups (broad SMARTS) is 2. The van der Waals surface area contributed by atoms with Crippen LogP contribution in [-0.4, -0.2) is 83.0 Å². The molecule has 1 fully saturated rings. The maximum Gasteiger partial charge on any atom is 0.335 e. The summed E-state index contributed by atoms with van der Waals surface area (Å²) >= 11 is 4.04. The first-order valence-electron chi connectivity index (χ1n) is 11.2. The van der Waals surface area contributed by atoms with E-state index < -0.39 is 47.9 Å². The van der Waals surface area contributed by atoms with Crippen molar-refractivity contribution in [2.75, 3.05) is 0 Å². The topological polar surface area (TPSA) is 181 Å². The molecule has 5 N–H and O–H groups in total. The summed E-state index contributed by atoms with van der Waals surface area (Å²) in [6.07, 6.45) is -8.26. The lowest BCUT2D eigenvalue weighted by Gasteiger charge is -2.38. The number of rotatable bonds is 9. The molecule has 0 amide bonds. The van der Waals surface area contributed by atoms with Gasteiger partial charge in [0.1, 0.15) is 47.5 Å². The zero-order chi connectivity index (χ0) is 26.9. The number of aromatic nitrogens is 2. The van der Waals surface area contributed by atoms with Crippen LogP contribution >= 0.6 is 12.6 Å². The third-order valence-corrected chi connectivity index (χ3v) is 6.42. The zero-order valence-corrected chi connectivity index (χ0v) is 20.4. The summed E-state index contributed by atoms with van der Waals surface area (Å²) in [6, 6.07) is 11.8. The van der Waals surface area contributed by atoms with E-state index in [0.29, 0.717) is 22.6 Å². The van der Waals surface area contributed by atoms with Gasteiger partial charge in [0.2, 0.25) is 6.29 Å². The van der Waals surface area contributed by atoms with Crippen LogP contribution in [0, 0.1) is 0 Å². The normalized spacial score (nSPS) is 24.5. The van der Waals surface area contributed by atoms with Crippen LogP contribution in [-0.2, 0) is 34.4 Å². The van der Waals surface area contributed by atoms with Crippen molar-refractivity contribution in [2.24, 2.45) is 7.05 Å². The number of nitrogens with zero attached hydrogens (tertiary/aromatic N) is 2. The molecule has 3 unspecified atom stereocenters. The quantitative estimate of drug-likeness (QED) is 0.208. The summed E-state index contributed by atoms with van der Waals surface area (Å²) in [5.41, 5.74) is 2.09. The van der Waals surface area contributed by atoms with Crippen LogP contribution in [0.1, 0.15) is 11.4 Å². The second-order valence-corrected chi connectivity index (χ2v) is 9.20. The fraction of sp³-hybridized carbons (Fsp3) is 0.375. The number of hydrogen-bond donors (Lipinski definition) is 6. The fourth-order valence-electron chi connectivity index (χ4n) is 3.89. The van der Waals surface area contributed by atoms with E-state index in [4.69, 9.17) is 19.3 Å². The number of hydrogen-bond acceptors (Lipinski definition) is 10. The van der Waals surface area contributed by atoms with Crippen molar-refractivity contribution < 1.29 is 49.3 Å². The first kappa shape index (κ1) is 26.7. The number of aliphatic hydroxyl groups is 3. The Kier molecular flexibility index (Phi) is 7.90. The molecule has 1 aromatic heterocycles. The number of carbonyl (C=O) groups is 2. The van der Waals surface area contributed by atoms with E-state index in [0.717, 1.165) is 5.56 Å². The molecule has 198 valence electrons. The lowest BCUT2D eigenvalue weighted by Crippen LogP contribution is -2.61. The van der Waals surface area contributed by atoms with Gasteiger partial charge in [-0.2, -0.15) is 12.6 Å². The number of thiol groups is 1. The van der Waals surface area contributed by atoms with Crippen LogP contribution in [0.4, 0.5) is 0 Å². The molecule has 1 saturated heterocycles. The summed E-state index contributed by atoms with van der Waals surface area (Å²) in [6.45, 7) is 0.139. The van der Waals surface area contributed by atoms with Gasteiger partial charge < -0.3 is 44.3 Å². The average molecular weight is 535 g/mol. The van der Waals surface area contributed by atoms with E-state index >= 15 is 0 Å². The number of fused-ring (bicyclic) bond motifs is 1. The molecule has 2 aromatic carbocycles. The van der Waals surface area contributed by atoms with Gasteiger partial charge >= 0.3 is 11.9 Å². The molecule has 0 saturated carbocycles. The molecule has 37 heavy (non-hydrogen) atoms. The molecule has 4 rings (SSSR count). The monoisotopic (exact) mass is 534 g/mol. The molecule has 6 atom stereocenters. The van der Waals surface area contributed by atoms with Crippen LogP contribution in [0.15, 0.2) is 42.5 Å². The van der Waals surface area contributed by atoms with E-state index in [-0.39, 0.29) is 18.8 Å². The summed E-state index contributed by atoms with van der Waals surface area (Å²) in [7, 11) is 1.77. The van der Waals surface area contributed by atoms with E-state index in [2.05, 4.69) is 17.6 Å². The molecule has 0 aliphatic carbocycles. The third kappa shape index (κ3) is 5.81. The van der Waals surface area contributed by atoms with E-state index in [1.54, 1.807) is 54.1 Å². The van der Waals surface area contributed by atoms with E-state index in [1.807, 2.05) is 0 Å². The molecule has 0 spiro atoms. The minimum absolute atomic E-state index is 0.139. The maximum atomic E-state index is 11.3. The first-order valence-corrected chi connectivity index (χ1v) is 11.7. The Balaban J connectivity index is 1.44. The Morgan fingerprint density at radius 1 is 1.05 bits per heavy atom. The second kappa shape index (κ2) is 10.9. The largest absolute Gasteiger partial charge is 0.486 e. The number of aliphatic hydroxyl groups excluding tert-OH is 3. The Bertz CT molecular complexity index is 1280. The van der Waals surface area contributed by atoms with Crippen molar-refractivity contribution >= 4 is 35.6 Å². The summed E-state index contributed by atoms with van der Waals surface area (Å²) in [5, 5.41) is 47.4. The Morgan fingerprint density at radius 3 is 2.38 bits per heavy atom. The van der Waals surface area contributed by atoms with Crippen LogP contribution < -0.4 is 9.47 Å². The van der Waals surface area contributed by atoms with Gasteiger partial charge in [-0.1, -0.05) is 12.1 Å². The van der Waals surface area contributed by atoms with Crippen molar-refractivity contribution in [3.63, 3.8) is 0 Å². The number of imidazole rings is 1. The first-order chi connectivity index (χ1) is 17.5. The Labute approximate surface area is 216 Å². The molecule has 2 heterocycles. The molecular weight excluding hydrogens is 508 g/mol. The van der Waals surface area contributed by atoms with Crippen LogP contribution in [0.25, 0.3) is 11.0 Å². The number of benzene rings is 2. The number of carboxylic acids is 2. The summed E-state index contributed by atoms with van der Waals surface area (Å²) in [4.78, 5) is 26.8. The third-order valence-electron chi connectivity index (χ3n) is 6.02. The van der Waals surface area contributed by atoms with Gasteiger partial charge in [0.25, 0.3) is 0 Å². The molecular formula is C24H26N2O10S. The fourth-order valence-corrected chi connectivity index (χ4v) is 4.10. The number of ether oxygens (including phenoxy) is 3. The van der Waals surface area contributed by atoms with Gasteiger partial charge in [-0.25, -0.2) is 9.78 Å². The van der Waals surface area contributed by atoms with Crippen LogP contribution in [0.5, 0.6) is 11.5 Å². The highest BCUT2D eigenvalue weighted by Crippen LogP contribution is 2.27. The van der Waals surface area contributed by atoms with Crippen LogP contribution in [0.2, 0.25) is 0 Å². The predicted octanol–water partition coefficient (Wildman–Crippen LogP) is 0.349. The Morgan fingerprint density at radius 2 is 1.73 bits per heavy atom. The average Bonchev–Trinajstić information content (AvgIpc) is 3.18. The van der Waals surface area contributed by atoms with Crippen molar-refractivity contribution in [2.45, 2.75) is 49.0 Å².